The average molecular weight is 163 g/mol. The third kappa shape index (κ3) is 1.84. The Kier molecular flexibility index (Phi) is 2.86. The lowest BCUT2D eigenvalue weighted by atomic mass is 10.1. The van der Waals surface area contributed by atoms with E-state index in [0.717, 1.165) is 0 Å². The summed E-state index contributed by atoms with van der Waals surface area (Å²) >= 11 is 0. The molecular formula is C10H11O2. The van der Waals surface area contributed by atoms with Gasteiger partial charge in [0.05, 0.1) is 7.11 Å². The molecule has 63 valence electrons. The third-order valence-corrected chi connectivity index (χ3v) is 1.62. The maximum absolute atomic E-state index is 11.2. The minimum Gasteiger partial charge on any atom is -0.497 e. The Labute approximate surface area is 72.2 Å². The van der Waals surface area contributed by atoms with Crippen molar-refractivity contribution in [1.82, 2.24) is 0 Å². The molecule has 0 bridgehead atoms. The highest BCUT2D eigenvalue weighted by Gasteiger charge is 2.02. The van der Waals surface area contributed by atoms with E-state index in [9.17, 15) is 4.79 Å². The Hall–Kier alpha value is -1.31. The third-order valence-electron chi connectivity index (χ3n) is 1.62. The van der Waals surface area contributed by atoms with Crippen molar-refractivity contribution in [3.63, 3.8) is 0 Å². The predicted molar refractivity (Wildman–Crippen MR) is 47.3 cm³/mol. The number of rotatable bonds is 3. The van der Waals surface area contributed by atoms with Crippen LogP contribution in [0, 0.1) is 6.92 Å². The predicted octanol–water partition coefficient (Wildman–Crippen LogP) is 2.10. The molecule has 2 heteroatoms. The van der Waals surface area contributed by atoms with Crippen LogP contribution in [0.4, 0.5) is 0 Å². The highest BCUT2D eigenvalue weighted by Crippen LogP contribution is 2.13. The molecule has 0 aliphatic rings. The molecule has 0 N–H and O–H groups in total. The van der Waals surface area contributed by atoms with Crippen LogP contribution in [0.25, 0.3) is 0 Å². The molecule has 12 heavy (non-hydrogen) atoms. The SMILES string of the molecule is [CH2]CC(=O)c1cccc(OC)c1. The van der Waals surface area contributed by atoms with Gasteiger partial charge in [0.2, 0.25) is 0 Å². The number of benzene rings is 1. The van der Waals surface area contributed by atoms with Crippen molar-refractivity contribution in [1.29, 1.82) is 0 Å². The van der Waals surface area contributed by atoms with Crippen molar-refractivity contribution < 1.29 is 9.53 Å². The lowest BCUT2D eigenvalue weighted by molar-refractivity contribution is 0.0994. The average Bonchev–Trinajstić information content (AvgIpc) is 2.17. The van der Waals surface area contributed by atoms with E-state index in [1.807, 2.05) is 0 Å². The van der Waals surface area contributed by atoms with Crippen molar-refractivity contribution in [2.45, 2.75) is 6.42 Å². The first-order valence-electron chi connectivity index (χ1n) is 3.74. The summed E-state index contributed by atoms with van der Waals surface area (Å²) in [4.78, 5) is 11.2. The van der Waals surface area contributed by atoms with Crippen molar-refractivity contribution in [3.05, 3.63) is 36.8 Å². The number of hydrogen-bond acceptors (Lipinski definition) is 2. The zero-order valence-corrected chi connectivity index (χ0v) is 7.04. The summed E-state index contributed by atoms with van der Waals surface area (Å²) in [6, 6.07) is 7.07. The molecular weight excluding hydrogens is 152 g/mol. The minimum atomic E-state index is 0.0360. The second-order valence-electron chi connectivity index (χ2n) is 2.41. The molecule has 0 saturated carbocycles. The molecule has 0 saturated heterocycles. The first kappa shape index (κ1) is 8.78. The molecule has 0 amide bonds. The molecule has 1 radical (unpaired) electrons. The van der Waals surface area contributed by atoms with Crippen molar-refractivity contribution >= 4 is 5.78 Å². The fourth-order valence-corrected chi connectivity index (χ4v) is 0.941. The van der Waals surface area contributed by atoms with Gasteiger partial charge in [-0.15, -0.1) is 0 Å². The monoisotopic (exact) mass is 163 g/mol. The first-order valence-corrected chi connectivity index (χ1v) is 3.74. The Balaban J connectivity index is 2.93. The van der Waals surface area contributed by atoms with Gasteiger partial charge in [-0.3, -0.25) is 4.79 Å². The molecule has 0 spiro atoms. The highest BCUT2D eigenvalue weighted by molar-refractivity contribution is 5.96. The fourth-order valence-electron chi connectivity index (χ4n) is 0.941. The molecule has 0 aliphatic heterocycles. The number of ether oxygens (including phenoxy) is 1. The summed E-state index contributed by atoms with van der Waals surface area (Å²) in [6.07, 6.45) is 0.285. The van der Waals surface area contributed by atoms with E-state index in [4.69, 9.17) is 4.74 Å². The fraction of sp³-hybridized carbons (Fsp3) is 0.200. The standard InChI is InChI=1S/C10H11O2/c1-3-10(11)8-5-4-6-9(7-8)12-2/h4-7H,1,3H2,2H3. The lowest BCUT2D eigenvalue weighted by Crippen LogP contribution is -1.96. The second kappa shape index (κ2) is 3.90. The van der Waals surface area contributed by atoms with Crippen LogP contribution >= 0.6 is 0 Å². The van der Waals surface area contributed by atoms with Crippen LogP contribution in [-0.2, 0) is 0 Å². The highest BCUT2D eigenvalue weighted by atomic mass is 16.5. The van der Waals surface area contributed by atoms with Crippen molar-refractivity contribution in [2.75, 3.05) is 7.11 Å². The van der Waals surface area contributed by atoms with Gasteiger partial charge < -0.3 is 4.74 Å². The van der Waals surface area contributed by atoms with Gasteiger partial charge in [0, 0.05) is 12.0 Å². The molecule has 0 unspecified atom stereocenters. The van der Waals surface area contributed by atoms with Crippen LogP contribution in [0.2, 0.25) is 0 Å². The largest absolute Gasteiger partial charge is 0.497 e. The number of methoxy groups -OCH3 is 1. The van der Waals surface area contributed by atoms with Gasteiger partial charge in [0.15, 0.2) is 5.78 Å². The smallest absolute Gasteiger partial charge is 0.163 e. The summed E-state index contributed by atoms with van der Waals surface area (Å²) in [7, 11) is 1.58. The lowest BCUT2D eigenvalue weighted by Gasteiger charge is -2.01. The van der Waals surface area contributed by atoms with Crippen LogP contribution in [0.3, 0.4) is 0 Å². The maximum atomic E-state index is 11.2. The van der Waals surface area contributed by atoms with E-state index in [-0.39, 0.29) is 12.2 Å². The van der Waals surface area contributed by atoms with Gasteiger partial charge in [0.1, 0.15) is 5.75 Å². The molecule has 0 aromatic heterocycles. The van der Waals surface area contributed by atoms with E-state index in [0.29, 0.717) is 11.3 Å². The van der Waals surface area contributed by atoms with Crippen LogP contribution in [-0.4, -0.2) is 12.9 Å². The van der Waals surface area contributed by atoms with Gasteiger partial charge in [-0.05, 0) is 19.1 Å². The molecule has 0 heterocycles. The number of hydrogen-bond donors (Lipinski definition) is 0. The van der Waals surface area contributed by atoms with Gasteiger partial charge in [-0.2, -0.15) is 0 Å². The van der Waals surface area contributed by atoms with Crippen LogP contribution in [0.15, 0.2) is 24.3 Å². The number of Topliss-reactive ketones (excluding diaryl/α,β-unsaturated/α-hetero) is 1. The quantitative estimate of drug-likeness (QED) is 0.638. The number of carbonyl (C=O) groups excluding carboxylic acids is 1. The van der Waals surface area contributed by atoms with E-state index in [2.05, 4.69) is 6.92 Å². The number of ketones is 1. The first-order chi connectivity index (χ1) is 5.77. The van der Waals surface area contributed by atoms with Gasteiger partial charge in [-0.25, -0.2) is 0 Å². The van der Waals surface area contributed by atoms with Crippen molar-refractivity contribution in [2.24, 2.45) is 0 Å². The van der Waals surface area contributed by atoms with Gasteiger partial charge in [-0.1, -0.05) is 12.1 Å². The molecule has 1 rings (SSSR count). The molecule has 0 fully saturated rings. The topological polar surface area (TPSA) is 26.3 Å². The van der Waals surface area contributed by atoms with E-state index in [1.165, 1.54) is 0 Å². The Morgan fingerprint density at radius 3 is 2.92 bits per heavy atom. The minimum absolute atomic E-state index is 0.0360. The summed E-state index contributed by atoms with van der Waals surface area (Å²) in [5.41, 5.74) is 0.657. The van der Waals surface area contributed by atoms with Crippen LogP contribution in [0.5, 0.6) is 5.75 Å². The summed E-state index contributed by atoms with van der Waals surface area (Å²) < 4.78 is 4.98. The molecule has 1 aromatic rings. The summed E-state index contributed by atoms with van der Waals surface area (Å²) in [5.74, 6) is 0.739. The van der Waals surface area contributed by atoms with Crippen molar-refractivity contribution in [3.8, 4) is 5.75 Å². The normalized spacial score (nSPS) is 9.50. The second-order valence-corrected chi connectivity index (χ2v) is 2.41. The molecule has 0 atom stereocenters. The number of carbonyl (C=O) groups is 1. The summed E-state index contributed by atoms with van der Waals surface area (Å²) in [6.45, 7) is 3.53. The van der Waals surface area contributed by atoms with Crippen LogP contribution in [0.1, 0.15) is 16.8 Å². The van der Waals surface area contributed by atoms with E-state index >= 15 is 0 Å². The van der Waals surface area contributed by atoms with Gasteiger partial charge in [0.25, 0.3) is 0 Å². The van der Waals surface area contributed by atoms with E-state index in [1.54, 1.807) is 31.4 Å². The van der Waals surface area contributed by atoms with Crippen LogP contribution < -0.4 is 4.74 Å². The summed E-state index contributed by atoms with van der Waals surface area (Å²) in [5, 5.41) is 0. The Bertz CT molecular complexity index is 279. The maximum Gasteiger partial charge on any atom is 0.163 e. The Morgan fingerprint density at radius 1 is 1.58 bits per heavy atom. The van der Waals surface area contributed by atoms with E-state index < -0.39 is 0 Å². The molecule has 1 aromatic carbocycles. The molecule has 2 nitrogen and oxygen atoms in total. The zero-order valence-electron chi connectivity index (χ0n) is 7.04. The zero-order chi connectivity index (χ0) is 8.97. The van der Waals surface area contributed by atoms with Gasteiger partial charge >= 0.3 is 0 Å². The Morgan fingerprint density at radius 2 is 2.33 bits per heavy atom. The molecule has 0 aliphatic carbocycles.